The Balaban J connectivity index is 0.910. The second-order valence-electron chi connectivity index (χ2n) is 18.3. The summed E-state index contributed by atoms with van der Waals surface area (Å²) in [6.07, 6.45) is -1.88. The smallest absolute Gasteiger partial charge is 0.331 e. The molecule has 8 rings (SSSR count). The molecule has 308 valence electrons. The van der Waals surface area contributed by atoms with Crippen LogP contribution < -0.4 is 0 Å². The SMILES string of the molecule is CC1OC(O[C@@H]2[C@H](O)C(O[C@H]3CCC4(C)C5CCC6(C)[C@@H](C7=CC(=O)OC7)CC[C@]6(O)C5CC[C@@H]4C3)OC(C)[C@@H]2O)[C@@H](O)[C@@H](OC2C=CC(=O)[C@H](C)O2)[C@H]1O. The molecular formula is C41H60O14. The highest BCUT2D eigenvalue weighted by molar-refractivity contribution is 5.93. The van der Waals surface area contributed by atoms with Gasteiger partial charge in [-0.25, -0.2) is 4.79 Å². The van der Waals surface area contributed by atoms with Gasteiger partial charge in [0.1, 0.15) is 49.3 Å². The van der Waals surface area contributed by atoms with Crippen LogP contribution >= 0.6 is 0 Å². The van der Waals surface area contributed by atoms with Crippen LogP contribution in [-0.4, -0.2) is 129 Å². The van der Waals surface area contributed by atoms with Crippen molar-refractivity contribution in [1.29, 1.82) is 0 Å². The lowest BCUT2D eigenvalue weighted by Gasteiger charge is -2.64. The van der Waals surface area contributed by atoms with E-state index in [4.69, 9.17) is 33.2 Å². The van der Waals surface area contributed by atoms with Crippen molar-refractivity contribution in [1.82, 2.24) is 0 Å². The lowest BCUT2D eigenvalue weighted by Crippen LogP contribution is -2.64. The molecule has 0 aromatic heterocycles. The Morgan fingerprint density at radius 3 is 2.07 bits per heavy atom. The van der Waals surface area contributed by atoms with Crippen LogP contribution in [-0.2, 0) is 42.7 Å². The van der Waals surface area contributed by atoms with Gasteiger partial charge in [-0.15, -0.1) is 0 Å². The van der Waals surface area contributed by atoms with Gasteiger partial charge in [0.15, 0.2) is 24.7 Å². The molecule has 8 aliphatic rings. The molecule has 9 unspecified atom stereocenters. The highest BCUT2D eigenvalue weighted by Gasteiger charge is 2.68. The number of hydrogen-bond acceptors (Lipinski definition) is 14. The first-order chi connectivity index (χ1) is 26.0. The fourth-order valence-electron chi connectivity index (χ4n) is 12.2. The maximum absolute atomic E-state index is 12.6. The van der Waals surface area contributed by atoms with Crippen molar-refractivity contribution in [3.63, 3.8) is 0 Å². The minimum Gasteiger partial charge on any atom is -0.458 e. The van der Waals surface area contributed by atoms with Crippen LogP contribution in [0.1, 0.15) is 92.4 Å². The molecule has 4 heterocycles. The Labute approximate surface area is 322 Å². The summed E-state index contributed by atoms with van der Waals surface area (Å²) in [6, 6.07) is 0. The van der Waals surface area contributed by atoms with Gasteiger partial charge in [-0.05, 0) is 125 Å². The van der Waals surface area contributed by atoms with Crippen LogP contribution in [0.4, 0.5) is 0 Å². The van der Waals surface area contributed by atoms with E-state index >= 15 is 0 Å². The number of rotatable bonds is 7. The molecule has 2 saturated heterocycles. The first-order valence-electron chi connectivity index (χ1n) is 20.5. The maximum atomic E-state index is 12.6. The Hall–Kier alpha value is -1.82. The van der Waals surface area contributed by atoms with E-state index in [1.54, 1.807) is 26.8 Å². The molecule has 14 nitrogen and oxygen atoms in total. The third-order valence-corrected chi connectivity index (χ3v) is 15.6. The number of esters is 1. The van der Waals surface area contributed by atoms with E-state index in [2.05, 4.69) is 13.8 Å². The van der Waals surface area contributed by atoms with E-state index in [9.17, 15) is 35.1 Å². The van der Waals surface area contributed by atoms with E-state index < -0.39 is 79.4 Å². The summed E-state index contributed by atoms with van der Waals surface area (Å²) in [5.41, 5.74) is -0.0346. The average Bonchev–Trinajstić information content (AvgIpc) is 3.70. The van der Waals surface area contributed by atoms with E-state index in [1.165, 1.54) is 12.2 Å². The summed E-state index contributed by atoms with van der Waals surface area (Å²) >= 11 is 0. The van der Waals surface area contributed by atoms with Crippen LogP contribution in [0.2, 0.25) is 0 Å². The molecule has 14 heteroatoms. The van der Waals surface area contributed by atoms with E-state index in [0.717, 1.165) is 63.4 Å². The van der Waals surface area contributed by atoms with Gasteiger partial charge in [0, 0.05) is 11.5 Å². The molecule has 4 aliphatic heterocycles. The van der Waals surface area contributed by atoms with Crippen LogP contribution in [0.5, 0.6) is 0 Å². The zero-order valence-corrected chi connectivity index (χ0v) is 32.5. The molecule has 0 aromatic rings. The minimum absolute atomic E-state index is 0.0190. The van der Waals surface area contributed by atoms with Crippen LogP contribution in [0.25, 0.3) is 0 Å². The standard InChI is InChI=1S/C41H60O14/c1-19-28(42)8-9-30(50-19)54-35-31(44)20(2)52-38(33(35)46)55-36-32(45)21(3)51-37(34(36)47)53-24-10-13-39(4)23(17-24)6-7-27-26(39)11-14-40(5)25(12-15-41(27,40)48)22-16-29(43)49-18-22/h8-9,16,19-21,23-27,30-38,44-48H,6-7,10-15,17-18H2,1-5H3/t19-,20?,21?,23+,24-,25+,26?,27?,30?,31-,32-,33-,34-,35-,36-,37?,38?,39?,40?,41-/m0/s1. The fraction of sp³-hybridized carbons (Fsp3) is 0.854. The van der Waals surface area contributed by atoms with Crippen molar-refractivity contribution >= 4 is 11.8 Å². The van der Waals surface area contributed by atoms with Crippen molar-refractivity contribution in [2.24, 2.45) is 34.5 Å². The number of aliphatic hydroxyl groups is 5. The topological polar surface area (TPSA) is 200 Å². The van der Waals surface area contributed by atoms with Crippen molar-refractivity contribution in [2.75, 3.05) is 6.61 Å². The molecule has 4 saturated carbocycles. The quantitative estimate of drug-likeness (QED) is 0.186. The number of carbonyl (C=O) groups excluding carboxylic acids is 2. The van der Waals surface area contributed by atoms with Crippen LogP contribution in [0, 0.1) is 34.5 Å². The van der Waals surface area contributed by atoms with Crippen LogP contribution in [0.3, 0.4) is 0 Å². The highest BCUT2D eigenvalue weighted by Crippen LogP contribution is 2.70. The Bertz CT molecular complexity index is 1540. The summed E-state index contributed by atoms with van der Waals surface area (Å²) in [4.78, 5) is 23.8. The van der Waals surface area contributed by atoms with Crippen molar-refractivity contribution in [3.05, 3.63) is 23.8 Å². The average molecular weight is 777 g/mol. The van der Waals surface area contributed by atoms with E-state index in [1.807, 2.05) is 0 Å². The normalized spacial score (nSPS) is 53.9. The number of fused-ring (bicyclic) bond motifs is 5. The maximum Gasteiger partial charge on any atom is 0.331 e. The lowest BCUT2D eigenvalue weighted by molar-refractivity contribution is -0.366. The molecule has 4 aliphatic carbocycles. The van der Waals surface area contributed by atoms with E-state index in [-0.39, 0.29) is 40.5 Å². The van der Waals surface area contributed by atoms with Gasteiger partial charge < -0.3 is 58.7 Å². The largest absolute Gasteiger partial charge is 0.458 e. The number of ether oxygens (including phenoxy) is 7. The molecule has 0 bridgehead atoms. The molecule has 6 fully saturated rings. The van der Waals surface area contributed by atoms with E-state index in [0.29, 0.717) is 18.4 Å². The van der Waals surface area contributed by atoms with Crippen LogP contribution in [0.15, 0.2) is 23.8 Å². The fourth-order valence-corrected chi connectivity index (χ4v) is 12.2. The molecule has 0 aromatic carbocycles. The second-order valence-corrected chi connectivity index (χ2v) is 18.3. The summed E-state index contributed by atoms with van der Waals surface area (Å²) < 4.78 is 41.2. The Morgan fingerprint density at radius 1 is 0.745 bits per heavy atom. The zero-order chi connectivity index (χ0) is 39.2. The number of carbonyl (C=O) groups is 2. The van der Waals surface area contributed by atoms with Crippen molar-refractivity contribution in [3.8, 4) is 0 Å². The van der Waals surface area contributed by atoms with Crippen molar-refractivity contribution < 1.29 is 68.3 Å². The first kappa shape index (κ1) is 40.0. The minimum atomic E-state index is -1.54. The number of ketones is 1. The van der Waals surface area contributed by atoms with Gasteiger partial charge in [-0.1, -0.05) is 13.8 Å². The Kier molecular flexibility index (Phi) is 10.7. The number of cyclic esters (lactones) is 1. The molecule has 0 radical (unpaired) electrons. The summed E-state index contributed by atoms with van der Waals surface area (Å²) in [6.45, 7) is 9.80. The number of hydrogen-bond donors (Lipinski definition) is 5. The van der Waals surface area contributed by atoms with Gasteiger partial charge in [0.25, 0.3) is 0 Å². The summed E-state index contributed by atoms with van der Waals surface area (Å²) in [5.74, 6) is 0.554. The third-order valence-electron chi connectivity index (χ3n) is 15.6. The monoisotopic (exact) mass is 776 g/mol. The predicted octanol–water partition coefficient (Wildman–Crippen LogP) is 2.20. The zero-order valence-electron chi connectivity index (χ0n) is 32.5. The molecule has 20 atom stereocenters. The molecular weight excluding hydrogens is 716 g/mol. The third kappa shape index (κ3) is 6.69. The molecule has 55 heavy (non-hydrogen) atoms. The first-order valence-corrected chi connectivity index (χ1v) is 20.5. The summed E-state index contributed by atoms with van der Waals surface area (Å²) in [7, 11) is 0. The molecule has 0 spiro atoms. The molecule has 5 N–H and O–H groups in total. The van der Waals surface area contributed by atoms with Gasteiger partial charge in [0.2, 0.25) is 0 Å². The second kappa shape index (κ2) is 14.8. The van der Waals surface area contributed by atoms with Gasteiger partial charge >= 0.3 is 5.97 Å². The Morgan fingerprint density at radius 2 is 1.42 bits per heavy atom. The molecule has 0 amide bonds. The lowest BCUT2D eigenvalue weighted by atomic mass is 9.43. The van der Waals surface area contributed by atoms with Crippen molar-refractivity contribution in [2.45, 2.75) is 178 Å². The van der Waals surface area contributed by atoms with Gasteiger partial charge in [0.05, 0.1) is 23.9 Å². The number of aliphatic hydroxyl groups excluding tert-OH is 4. The van der Waals surface area contributed by atoms with Gasteiger partial charge in [-0.2, -0.15) is 0 Å². The highest BCUT2D eigenvalue weighted by atomic mass is 16.7. The van der Waals surface area contributed by atoms with Gasteiger partial charge in [-0.3, -0.25) is 4.79 Å². The summed E-state index contributed by atoms with van der Waals surface area (Å²) in [5, 5.41) is 57.5. The predicted molar refractivity (Wildman–Crippen MR) is 192 cm³/mol.